The van der Waals surface area contributed by atoms with Gasteiger partial charge in [-0.2, -0.15) is 0 Å². The van der Waals surface area contributed by atoms with Gasteiger partial charge in [-0.1, -0.05) is 29.3 Å². The molecule has 0 atom stereocenters. The van der Waals surface area contributed by atoms with Crippen LogP contribution in [0.1, 0.15) is 5.56 Å². The topological polar surface area (TPSA) is 65.2 Å². The highest BCUT2D eigenvalue weighted by Crippen LogP contribution is 2.23. The normalized spacial score (nSPS) is 10.9. The summed E-state index contributed by atoms with van der Waals surface area (Å²) in [5.41, 5.74) is 1.48. The van der Waals surface area contributed by atoms with E-state index in [-0.39, 0.29) is 0 Å². The summed E-state index contributed by atoms with van der Waals surface area (Å²) in [6.07, 6.45) is 4.15. The Morgan fingerprint density at radius 1 is 1.08 bits per heavy atom. The van der Waals surface area contributed by atoms with E-state index in [0.29, 0.717) is 21.7 Å². The molecular weight excluding hydrogens is 351 g/mol. The Morgan fingerprint density at radius 3 is 2.54 bits per heavy atom. The highest BCUT2D eigenvalue weighted by Gasteiger charge is 2.05. The summed E-state index contributed by atoms with van der Waals surface area (Å²) in [5, 5.41) is 8.28. The van der Waals surface area contributed by atoms with Gasteiger partial charge in [0.05, 0.1) is 10.0 Å². The van der Waals surface area contributed by atoms with Crippen LogP contribution >= 0.6 is 23.2 Å². The first-order valence-corrected chi connectivity index (χ1v) is 7.59. The van der Waals surface area contributed by atoms with Crippen LogP contribution in [0.2, 0.25) is 10.0 Å². The Morgan fingerprint density at radius 2 is 1.88 bits per heavy atom. The molecule has 1 heterocycles. The van der Waals surface area contributed by atoms with Gasteiger partial charge in [-0.3, -0.25) is 0 Å². The minimum atomic E-state index is -0.508. The van der Waals surface area contributed by atoms with E-state index >= 15 is 0 Å². The van der Waals surface area contributed by atoms with Crippen LogP contribution in [0.3, 0.4) is 0 Å². The lowest BCUT2D eigenvalue weighted by Crippen LogP contribution is -2.03. The van der Waals surface area contributed by atoms with Crippen molar-refractivity contribution in [1.82, 2.24) is 10.2 Å². The SMILES string of the molecule is O=C(/C=C/c1ccc(Cl)c(Cl)c1)Oc1ccc(-c2nnco2)cc1. The van der Waals surface area contributed by atoms with E-state index < -0.39 is 5.97 Å². The minimum absolute atomic E-state index is 0.396. The molecule has 7 heteroatoms. The Kier molecular flexibility index (Phi) is 4.93. The van der Waals surface area contributed by atoms with E-state index in [1.807, 2.05) is 0 Å². The van der Waals surface area contributed by atoms with Crippen LogP contribution in [-0.4, -0.2) is 16.2 Å². The second-order valence-corrected chi connectivity index (χ2v) is 5.51. The maximum atomic E-state index is 11.8. The lowest BCUT2D eigenvalue weighted by atomic mass is 10.2. The van der Waals surface area contributed by atoms with Crippen molar-refractivity contribution >= 4 is 35.2 Å². The van der Waals surface area contributed by atoms with Gasteiger partial charge >= 0.3 is 5.97 Å². The predicted octanol–water partition coefficient (Wildman–Crippen LogP) is 4.66. The van der Waals surface area contributed by atoms with Crippen molar-refractivity contribution in [3.05, 3.63) is 70.5 Å². The van der Waals surface area contributed by atoms with Crippen molar-refractivity contribution in [3.63, 3.8) is 0 Å². The van der Waals surface area contributed by atoms with E-state index in [0.717, 1.165) is 11.1 Å². The fourth-order valence-electron chi connectivity index (χ4n) is 1.89. The first-order valence-electron chi connectivity index (χ1n) is 6.83. The van der Waals surface area contributed by atoms with Gasteiger partial charge in [0.15, 0.2) is 0 Å². The summed E-state index contributed by atoms with van der Waals surface area (Å²) in [4.78, 5) is 11.8. The molecular formula is C17H10Cl2N2O3. The first kappa shape index (κ1) is 16.2. The second kappa shape index (κ2) is 7.29. The summed E-state index contributed by atoms with van der Waals surface area (Å²) < 4.78 is 10.3. The lowest BCUT2D eigenvalue weighted by Gasteiger charge is -2.02. The molecule has 0 spiro atoms. The summed E-state index contributed by atoms with van der Waals surface area (Å²) in [6, 6.07) is 11.8. The van der Waals surface area contributed by atoms with Crippen molar-refractivity contribution < 1.29 is 13.9 Å². The molecule has 0 N–H and O–H groups in total. The number of hydrogen-bond acceptors (Lipinski definition) is 5. The van der Waals surface area contributed by atoms with Gasteiger partial charge < -0.3 is 9.15 Å². The molecule has 0 aliphatic heterocycles. The molecule has 24 heavy (non-hydrogen) atoms. The fraction of sp³-hybridized carbons (Fsp3) is 0. The van der Waals surface area contributed by atoms with E-state index in [1.165, 1.54) is 12.5 Å². The molecule has 1 aromatic heterocycles. The highest BCUT2D eigenvalue weighted by molar-refractivity contribution is 6.42. The number of halogens is 2. The summed E-state index contributed by atoms with van der Waals surface area (Å²) in [6.45, 7) is 0. The van der Waals surface area contributed by atoms with Crippen molar-refractivity contribution in [1.29, 1.82) is 0 Å². The van der Waals surface area contributed by atoms with E-state index in [9.17, 15) is 4.79 Å². The van der Waals surface area contributed by atoms with Gasteiger partial charge in [0.25, 0.3) is 0 Å². The van der Waals surface area contributed by atoms with Gasteiger partial charge in [-0.15, -0.1) is 10.2 Å². The number of ether oxygens (including phenoxy) is 1. The number of aromatic nitrogens is 2. The molecule has 0 aliphatic rings. The van der Waals surface area contributed by atoms with E-state index in [4.69, 9.17) is 32.4 Å². The molecule has 5 nitrogen and oxygen atoms in total. The number of rotatable bonds is 4. The molecule has 0 saturated carbocycles. The van der Waals surface area contributed by atoms with Gasteiger partial charge in [-0.25, -0.2) is 4.79 Å². The molecule has 2 aromatic carbocycles. The Labute approximate surface area is 147 Å². The van der Waals surface area contributed by atoms with Crippen LogP contribution in [0.4, 0.5) is 0 Å². The van der Waals surface area contributed by atoms with E-state index in [2.05, 4.69) is 10.2 Å². The summed E-state index contributed by atoms with van der Waals surface area (Å²) >= 11 is 11.8. The zero-order chi connectivity index (χ0) is 16.9. The third kappa shape index (κ3) is 4.01. The zero-order valence-electron chi connectivity index (χ0n) is 12.1. The van der Waals surface area contributed by atoms with Crippen molar-refractivity contribution in [2.45, 2.75) is 0 Å². The van der Waals surface area contributed by atoms with Crippen molar-refractivity contribution in [3.8, 4) is 17.2 Å². The van der Waals surface area contributed by atoms with Gasteiger partial charge in [0.1, 0.15) is 5.75 Å². The van der Waals surface area contributed by atoms with Crippen LogP contribution in [0.15, 0.2) is 59.4 Å². The van der Waals surface area contributed by atoms with Crippen molar-refractivity contribution in [2.75, 3.05) is 0 Å². The fourth-order valence-corrected chi connectivity index (χ4v) is 2.20. The zero-order valence-corrected chi connectivity index (χ0v) is 13.7. The smallest absolute Gasteiger partial charge is 0.336 e. The minimum Gasteiger partial charge on any atom is -0.423 e. The molecule has 0 aliphatic carbocycles. The van der Waals surface area contributed by atoms with Crippen molar-refractivity contribution in [2.24, 2.45) is 0 Å². The first-order chi connectivity index (χ1) is 11.6. The van der Waals surface area contributed by atoms with Crippen LogP contribution in [-0.2, 0) is 4.79 Å². The number of carbonyl (C=O) groups is 1. The van der Waals surface area contributed by atoms with E-state index in [1.54, 1.807) is 48.5 Å². The molecule has 0 bridgehead atoms. The Hall–Kier alpha value is -2.63. The van der Waals surface area contributed by atoms with Crippen LogP contribution in [0, 0.1) is 0 Å². The number of esters is 1. The quantitative estimate of drug-likeness (QED) is 0.384. The maximum absolute atomic E-state index is 11.8. The predicted molar refractivity (Wildman–Crippen MR) is 90.9 cm³/mol. The molecule has 3 rings (SSSR count). The maximum Gasteiger partial charge on any atom is 0.336 e. The molecule has 0 unspecified atom stereocenters. The molecule has 3 aromatic rings. The van der Waals surface area contributed by atoms with Crippen LogP contribution < -0.4 is 4.74 Å². The standard InChI is InChI=1S/C17H10Cl2N2O3/c18-14-7-1-11(9-15(14)19)2-8-16(22)24-13-5-3-12(4-6-13)17-21-20-10-23-17/h1-10H/b8-2+. The number of hydrogen-bond donors (Lipinski definition) is 0. The van der Waals surface area contributed by atoms with Crippen LogP contribution in [0.25, 0.3) is 17.5 Å². The molecule has 120 valence electrons. The average molecular weight is 361 g/mol. The second-order valence-electron chi connectivity index (χ2n) is 4.70. The molecule has 0 amide bonds. The number of benzene rings is 2. The Balaban J connectivity index is 1.64. The summed E-state index contributed by atoms with van der Waals surface area (Å²) in [5.74, 6) is 0.293. The van der Waals surface area contributed by atoms with Gasteiger partial charge in [0, 0.05) is 11.6 Å². The number of carbonyl (C=O) groups excluding carboxylic acids is 1. The van der Waals surface area contributed by atoms with Crippen LogP contribution in [0.5, 0.6) is 5.75 Å². The highest BCUT2D eigenvalue weighted by atomic mass is 35.5. The third-order valence-electron chi connectivity index (χ3n) is 3.04. The van der Waals surface area contributed by atoms with Gasteiger partial charge in [0.2, 0.25) is 12.3 Å². The number of nitrogens with zero attached hydrogens (tertiary/aromatic N) is 2. The molecule has 0 saturated heterocycles. The average Bonchev–Trinajstić information content (AvgIpc) is 3.11. The lowest BCUT2D eigenvalue weighted by molar-refractivity contribution is -0.128. The third-order valence-corrected chi connectivity index (χ3v) is 3.77. The molecule has 0 radical (unpaired) electrons. The summed E-state index contributed by atoms with van der Waals surface area (Å²) in [7, 11) is 0. The van der Waals surface area contributed by atoms with Gasteiger partial charge in [-0.05, 0) is 48.0 Å². The monoisotopic (exact) mass is 360 g/mol. The molecule has 0 fully saturated rings. The largest absolute Gasteiger partial charge is 0.423 e. The Bertz CT molecular complexity index is 875.